The summed E-state index contributed by atoms with van der Waals surface area (Å²) in [6, 6.07) is 7.34. The predicted molar refractivity (Wildman–Crippen MR) is 99.0 cm³/mol. The Labute approximate surface area is 157 Å². The Hall–Kier alpha value is -1.89. The first-order valence-electron chi connectivity index (χ1n) is 8.91. The summed E-state index contributed by atoms with van der Waals surface area (Å²) in [7, 11) is 1.60. The Kier molecular flexibility index (Phi) is 4.98. The van der Waals surface area contributed by atoms with Gasteiger partial charge in [-0.2, -0.15) is 5.10 Å². The molecule has 2 unspecified atom stereocenters. The van der Waals surface area contributed by atoms with Gasteiger partial charge in [-0.25, -0.2) is 4.68 Å². The van der Waals surface area contributed by atoms with E-state index in [1.165, 1.54) is 0 Å². The second kappa shape index (κ2) is 7.39. The van der Waals surface area contributed by atoms with E-state index in [0.717, 1.165) is 36.1 Å². The second-order valence-corrected chi connectivity index (χ2v) is 7.16. The molecule has 138 valence electrons. The maximum atomic E-state index is 12.5. The molecule has 7 heteroatoms. The van der Waals surface area contributed by atoms with Gasteiger partial charge in [-0.3, -0.25) is 4.79 Å². The highest BCUT2D eigenvalue weighted by atomic mass is 35.5. The molecule has 0 bridgehead atoms. The number of methoxy groups -OCH3 is 1. The van der Waals surface area contributed by atoms with Gasteiger partial charge in [-0.05, 0) is 36.5 Å². The minimum absolute atomic E-state index is 0.00178. The number of fused-ring (bicyclic) bond motifs is 1. The van der Waals surface area contributed by atoms with Crippen LogP contribution in [0.5, 0.6) is 5.75 Å². The van der Waals surface area contributed by atoms with Gasteiger partial charge < -0.3 is 14.8 Å². The molecular formula is C19H22ClN3O3. The fourth-order valence-electron chi connectivity index (χ4n) is 3.72. The van der Waals surface area contributed by atoms with Crippen molar-refractivity contribution in [3.63, 3.8) is 0 Å². The number of benzene rings is 1. The average molecular weight is 376 g/mol. The van der Waals surface area contributed by atoms with E-state index >= 15 is 0 Å². The highest BCUT2D eigenvalue weighted by molar-refractivity contribution is 6.32. The van der Waals surface area contributed by atoms with E-state index < -0.39 is 0 Å². The molecule has 2 heterocycles. The van der Waals surface area contributed by atoms with Crippen LogP contribution < -0.4 is 15.6 Å². The zero-order chi connectivity index (χ0) is 18.1. The van der Waals surface area contributed by atoms with E-state index in [4.69, 9.17) is 21.1 Å². The molecule has 0 spiro atoms. The van der Waals surface area contributed by atoms with Crippen LogP contribution in [0.4, 0.5) is 0 Å². The van der Waals surface area contributed by atoms with Crippen molar-refractivity contribution in [2.75, 3.05) is 20.3 Å². The molecule has 0 amide bonds. The molecule has 6 nitrogen and oxygen atoms in total. The largest absolute Gasteiger partial charge is 0.495 e. The van der Waals surface area contributed by atoms with Crippen molar-refractivity contribution in [2.24, 2.45) is 0 Å². The van der Waals surface area contributed by atoms with Crippen molar-refractivity contribution < 1.29 is 9.47 Å². The van der Waals surface area contributed by atoms with Crippen LogP contribution in [0, 0.1) is 0 Å². The lowest BCUT2D eigenvalue weighted by Gasteiger charge is -2.21. The Balaban J connectivity index is 1.52. The monoisotopic (exact) mass is 375 g/mol. The predicted octanol–water partition coefficient (Wildman–Crippen LogP) is 2.12. The van der Waals surface area contributed by atoms with Gasteiger partial charge in [0.15, 0.2) is 0 Å². The Bertz CT molecular complexity index is 868. The molecular weight excluding hydrogens is 354 g/mol. The first-order valence-corrected chi connectivity index (χ1v) is 9.29. The lowest BCUT2D eigenvalue weighted by molar-refractivity contribution is 0.180. The lowest BCUT2D eigenvalue weighted by Crippen LogP contribution is -2.41. The maximum absolute atomic E-state index is 12.5. The highest BCUT2D eigenvalue weighted by Gasteiger charge is 2.32. The molecule has 2 atom stereocenters. The summed E-state index contributed by atoms with van der Waals surface area (Å²) >= 11 is 6.37. The Morgan fingerprint density at radius 1 is 1.38 bits per heavy atom. The molecule has 1 aromatic heterocycles. The van der Waals surface area contributed by atoms with Gasteiger partial charge in [0.1, 0.15) is 5.75 Å². The standard InChI is InChI=1S/C19H22ClN3O3/c1-25-17-7-3-5-13(19(17)20)9-21-15-10-26-11-16(15)23-18(24)8-12-4-2-6-14(12)22-23/h3,5,7-8,15-16,21H,2,4,6,9-11H2,1H3. The third-order valence-corrected chi connectivity index (χ3v) is 5.59. The molecule has 0 saturated carbocycles. The van der Waals surface area contributed by atoms with Gasteiger partial charge in [0.2, 0.25) is 0 Å². The summed E-state index contributed by atoms with van der Waals surface area (Å²) in [4.78, 5) is 12.5. The summed E-state index contributed by atoms with van der Waals surface area (Å²) in [5.74, 6) is 0.654. The number of aromatic nitrogens is 2. The van der Waals surface area contributed by atoms with Crippen molar-refractivity contribution in [3.8, 4) is 5.75 Å². The molecule has 1 aromatic carbocycles. The number of aryl methyl sites for hydroxylation is 2. The van der Waals surface area contributed by atoms with Gasteiger partial charge in [0, 0.05) is 12.6 Å². The third-order valence-electron chi connectivity index (χ3n) is 5.16. The van der Waals surface area contributed by atoms with Gasteiger partial charge in [0.05, 0.1) is 43.1 Å². The Morgan fingerprint density at radius 2 is 2.27 bits per heavy atom. The number of nitrogens with zero attached hydrogens (tertiary/aromatic N) is 2. The number of hydrogen-bond acceptors (Lipinski definition) is 5. The van der Waals surface area contributed by atoms with Crippen LogP contribution in [-0.2, 0) is 24.1 Å². The van der Waals surface area contributed by atoms with Crippen molar-refractivity contribution in [2.45, 2.75) is 37.9 Å². The van der Waals surface area contributed by atoms with Crippen LogP contribution in [0.1, 0.15) is 29.3 Å². The number of halogens is 1. The van der Waals surface area contributed by atoms with E-state index in [2.05, 4.69) is 10.4 Å². The molecule has 1 saturated heterocycles. The quantitative estimate of drug-likeness (QED) is 0.867. The van der Waals surface area contributed by atoms with Gasteiger partial charge in [-0.1, -0.05) is 23.7 Å². The first kappa shape index (κ1) is 17.5. The molecule has 2 aromatic rings. The fraction of sp³-hybridized carbons (Fsp3) is 0.474. The van der Waals surface area contributed by atoms with Crippen molar-refractivity contribution in [1.82, 2.24) is 15.1 Å². The minimum atomic E-state index is -0.113. The third kappa shape index (κ3) is 3.24. The summed E-state index contributed by atoms with van der Waals surface area (Å²) < 4.78 is 12.5. The molecule has 0 radical (unpaired) electrons. The zero-order valence-corrected chi connectivity index (χ0v) is 15.5. The van der Waals surface area contributed by atoms with Crippen LogP contribution in [-0.4, -0.2) is 36.1 Å². The molecule has 1 aliphatic carbocycles. The Morgan fingerprint density at radius 3 is 3.12 bits per heavy atom. The van der Waals surface area contributed by atoms with E-state index in [0.29, 0.717) is 30.5 Å². The number of nitrogens with one attached hydrogen (secondary N) is 1. The maximum Gasteiger partial charge on any atom is 0.267 e. The lowest BCUT2D eigenvalue weighted by atomic mass is 10.1. The van der Waals surface area contributed by atoms with E-state index in [9.17, 15) is 4.79 Å². The minimum Gasteiger partial charge on any atom is -0.495 e. The number of rotatable bonds is 5. The van der Waals surface area contributed by atoms with Crippen LogP contribution in [0.3, 0.4) is 0 Å². The molecule has 4 rings (SSSR count). The average Bonchev–Trinajstić information content (AvgIpc) is 3.28. The summed E-state index contributed by atoms with van der Waals surface area (Å²) in [6.07, 6.45) is 2.97. The smallest absolute Gasteiger partial charge is 0.267 e. The molecule has 26 heavy (non-hydrogen) atoms. The van der Waals surface area contributed by atoms with Crippen molar-refractivity contribution in [1.29, 1.82) is 0 Å². The van der Waals surface area contributed by atoms with Crippen molar-refractivity contribution >= 4 is 11.6 Å². The number of hydrogen-bond donors (Lipinski definition) is 1. The summed E-state index contributed by atoms with van der Waals surface area (Å²) in [5, 5.41) is 8.69. The summed E-state index contributed by atoms with van der Waals surface area (Å²) in [6.45, 7) is 1.59. The number of ether oxygens (including phenoxy) is 2. The molecule has 1 aliphatic heterocycles. The van der Waals surface area contributed by atoms with Crippen molar-refractivity contribution in [3.05, 3.63) is 56.5 Å². The fourth-order valence-corrected chi connectivity index (χ4v) is 3.99. The zero-order valence-electron chi connectivity index (χ0n) is 14.7. The van der Waals surface area contributed by atoms with Crippen LogP contribution in [0.25, 0.3) is 0 Å². The second-order valence-electron chi connectivity index (χ2n) is 6.78. The molecule has 2 aliphatic rings. The van der Waals surface area contributed by atoms with Gasteiger partial charge in [0.25, 0.3) is 5.56 Å². The van der Waals surface area contributed by atoms with Gasteiger partial charge in [-0.15, -0.1) is 0 Å². The van der Waals surface area contributed by atoms with E-state index in [-0.39, 0.29) is 17.6 Å². The molecule has 1 fully saturated rings. The topological polar surface area (TPSA) is 65.4 Å². The van der Waals surface area contributed by atoms with Crippen LogP contribution in [0.15, 0.2) is 29.1 Å². The summed E-state index contributed by atoms with van der Waals surface area (Å²) in [5.41, 5.74) is 3.04. The SMILES string of the molecule is COc1cccc(CNC2COCC2n2nc3c(cc2=O)CCC3)c1Cl. The highest BCUT2D eigenvalue weighted by Crippen LogP contribution is 2.28. The van der Waals surface area contributed by atoms with Gasteiger partial charge >= 0.3 is 0 Å². The van der Waals surface area contributed by atoms with Crippen LogP contribution >= 0.6 is 11.6 Å². The van der Waals surface area contributed by atoms with E-state index in [1.54, 1.807) is 17.9 Å². The first-order chi connectivity index (χ1) is 12.7. The normalized spacial score (nSPS) is 21.8. The van der Waals surface area contributed by atoms with E-state index in [1.807, 2.05) is 18.2 Å². The molecule has 1 N–H and O–H groups in total. The van der Waals surface area contributed by atoms with Crippen LogP contribution in [0.2, 0.25) is 5.02 Å².